The first-order valence-electron chi connectivity index (χ1n) is 6.96. The number of anilines is 1. The number of nitrogens with two attached hydrogens (primary N) is 1. The molecule has 0 radical (unpaired) electrons. The molecule has 0 fully saturated rings. The molecule has 4 nitrogen and oxygen atoms in total. The molecule has 0 spiro atoms. The van der Waals surface area contributed by atoms with Gasteiger partial charge in [-0.3, -0.25) is 4.79 Å². The van der Waals surface area contributed by atoms with E-state index in [9.17, 15) is 4.79 Å². The summed E-state index contributed by atoms with van der Waals surface area (Å²) in [6, 6.07) is 15.3. The SMILES string of the molecule is Cc1ccc(OCCC(=O)Nc2ccc(CN)cc2)cc1. The molecular weight excluding hydrogens is 264 g/mol. The first-order valence-corrected chi connectivity index (χ1v) is 6.96. The lowest BCUT2D eigenvalue weighted by Crippen LogP contribution is -2.15. The molecule has 0 heterocycles. The van der Waals surface area contributed by atoms with Crippen LogP contribution in [0.1, 0.15) is 17.5 Å². The van der Waals surface area contributed by atoms with Gasteiger partial charge in [0, 0.05) is 12.2 Å². The summed E-state index contributed by atoms with van der Waals surface area (Å²) < 4.78 is 5.53. The maximum atomic E-state index is 11.8. The van der Waals surface area contributed by atoms with E-state index in [0.29, 0.717) is 19.6 Å². The molecule has 1 amide bonds. The Morgan fingerprint density at radius 3 is 2.38 bits per heavy atom. The van der Waals surface area contributed by atoms with Gasteiger partial charge in [0.25, 0.3) is 0 Å². The molecule has 0 aliphatic carbocycles. The first-order chi connectivity index (χ1) is 10.2. The number of nitrogens with one attached hydrogen (secondary N) is 1. The lowest BCUT2D eigenvalue weighted by molar-refractivity contribution is -0.116. The number of hydrogen-bond acceptors (Lipinski definition) is 3. The van der Waals surface area contributed by atoms with Crippen LogP contribution in [-0.4, -0.2) is 12.5 Å². The molecule has 2 rings (SSSR count). The van der Waals surface area contributed by atoms with E-state index in [1.165, 1.54) is 5.56 Å². The van der Waals surface area contributed by atoms with Gasteiger partial charge in [-0.05, 0) is 36.8 Å². The van der Waals surface area contributed by atoms with Crippen LogP contribution in [0.25, 0.3) is 0 Å². The molecule has 4 heteroatoms. The van der Waals surface area contributed by atoms with Crippen molar-refractivity contribution in [3.05, 3.63) is 59.7 Å². The Balaban J connectivity index is 1.75. The van der Waals surface area contributed by atoms with Crippen LogP contribution in [0.4, 0.5) is 5.69 Å². The highest BCUT2D eigenvalue weighted by atomic mass is 16.5. The summed E-state index contributed by atoms with van der Waals surface area (Å²) in [5.74, 6) is 0.711. The van der Waals surface area contributed by atoms with E-state index in [-0.39, 0.29) is 5.91 Å². The van der Waals surface area contributed by atoms with E-state index in [1.54, 1.807) is 0 Å². The standard InChI is InChI=1S/C17H20N2O2/c1-13-2-8-16(9-3-13)21-11-10-17(20)19-15-6-4-14(12-18)5-7-15/h2-9H,10-12,18H2,1H3,(H,19,20). The summed E-state index contributed by atoms with van der Waals surface area (Å²) in [6.07, 6.45) is 0.312. The fraction of sp³-hybridized carbons (Fsp3) is 0.235. The zero-order valence-corrected chi connectivity index (χ0v) is 12.1. The van der Waals surface area contributed by atoms with Gasteiger partial charge >= 0.3 is 0 Å². The average molecular weight is 284 g/mol. The van der Waals surface area contributed by atoms with Gasteiger partial charge in [0.05, 0.1) is 13.0 Å². The van der Waals surface area contributed by atoms with E-state index >= 15 is 0 Å². The fourth-order valence-electron chi connectivity index (χ4n) is 1.84. The van der Waals surface area contributed by atoms with E-state index in [2.05, 4.69) is 5.32 Å². The van der Waals surface area contributed by atoms with Gasteiger partial charge in [-0.25, -0.2) is 0 Å². The Hall–Kier alpha value is -2.33. The molecule has 0 saturated carbocycles. The molecule has 0 atom stereocenters. The van der Waals surface area contributed by atoms with E-state index in [0.717, 1.165) is 17.0 Å². The Kier molecular flexibility index (Phi) is 5.35. The first kappa shape index (κ1) is 15.1. The smallest absolute Gasteiger partial charge is 0.227 e. The quantitative estimate of drug-likeness (QED) is 0.857. The number of rotatable bonds is 6. The molecule has 0 aliphatic heterocycles. The number of carbonyl (C=O) groups is 1. The molecule has 110 valence electrons. The minimum atomic E-state index is -0.0670. The number of aryl methyl sites for hydroxylation is 1. The zero-order chi connectivity index (χ0) is 15.1. The van der Waals surface area contributed by atoms with Crippen LogP contribution in [0.5, 0.6) is 5.75 Å². The summed E-state index contributed by atoms with van der Waals surface area (Å²) in [6.45, 7) is 2.88. The molecule has 0 aromatic heterocycles. The number of ether oxygens (including phenoxy) is 1. The maximum absolute atomic E-state index is 11.8. The number of amides is 1. The summed E-state index contributed by atoms with van der Waals surface area (Å²) in [7, 11) is 0. The molecule has 3 N–H and O–H groups in total. The van der Waals surface area contributed by atoms with Crippen molar-refractivity contribution in [1.29, 1.82) is 0 Å². The van der Waals surface area contributed by atoms with Crippen LogP contribution in [0.3, 0.4) is 0 Å². The normalized spacial score (nSPS) is 10.2. The monoisotopic (exact) mass is 284 g/mol. The highest BCUT2D eigenvalue weighted by Crippen LogP contribution is 2.12. The average Bonchev–Trinajstić information content (AvgIpc) is 2.50. The molecule has 21 heavy (non-hydrogen) atoms. The molecule has 2 aromatic rings. The predicted octanol–water partition coefficient (Wildman–Crippen LogP) is 2.86. The minimum Gasteiger partial charge on any atom is -0.493 e. The zero-order valence-electron chi connectivity index (χ0n) is 12.1. The van der Waals surface area contributed by atoms with Gasteiger partial charge in [0.1, 0.15) is 5.75 Å². The van der Waals surface area contributed by atoms with E-state index in [1.807, 2.05) is 55.5 Å². The van der Waals surface area contributed by atoms with Crippen molar-refractivity contribution in [2.24, 2.45) is 5.73 Å². The fourth-order valence-corrected chi connectivity index (χ4v) is 1.84. The van der Waals surface area contributed by atoms with Crippen LogP contribution < -0.4 is 15.8 Å². The van der Waals surface area contributed by atoms with Crippen LogP contribution in [0.2, 0.25) is 0 Å². The molecule has 0 bridgehead atoms. The van der Waals surface area contributed by atoms with Gasteiger partial charge in [-0.15, -0.1) is 0 Å². The van der Waals surface area contributed by atoms with Crippen molar-refractivity contribution >= 4 is 11.6 Å². The lowest BCUT2D eigenvalue weighted by Gasteiger charge is -2.08. The van der Waals surface area contributed by atoms with Crippen molar-refractivity contribution < 1.29 is 9.53 Å². The molecule has 0 aliphatic rings. The van der Waals surface area contributed by atoms with Gasteiger partial charge in [-0.1, -0.05) is 29.8 Å². The second-order valence-corrected chi connectivity index (χ2v) is 4.86. The largest absolute Gasteiger partial charge is 0.493 e. The van der Waals surface area contributed by atoms with Crippen molar-refractivity contribution in [1.82, 2.24) is 0 Å². The predicted molar refractivity (Wildman–Crippen MR) is 84.3 cm³/mol. The van der Waals surface area contributed by atoms with Crippen LogP contribution in [0.15, 0.2) is 48.5 Å². The second kappa shape index (κ2) is 7.45. The summed E-state index contributed by atoms with van der Waals surface area (Å²) in [5.41, 5.74) is 8.52. The Morgan fingerprint density at radius 2 is 1.76 bits per heavy atom. The van der Waals surface area contributed by atoms with Gasteiger partial charge in [-0.2, -0.15) is 0 Å². The highest BCUT2D eigenvalue weighted by molar-refractivity contribution is 5.90. The molecule has 0 unspecified atom stereocenters. The van der Waals surface area contributed by atoms with E-state index in [4.69, 9.17) is 10.5 Å². The van der Waals surface area contributed by atoms with Crippen LogP contribution in [-0.2, 0) is 11.3 Å². The third kappa shape index (κ3) is 4.93. The van der Waals surface area contributed by atoms with Crippen molar-refractivity contribution in [3.8, 4) is 5.75 Å². The van der Waals surface area contributed by atoms with Crippen molar-refractivity contribution in [2.75, 3.05) is 11.9 Å². The third-order valence-corrected chi connectivity index (χ3v) is 3.09. The number of carbonyl (C=O) groups excluding carboxylic acids is 1. The van der Waals surface area contributed by atoms with Crippen LogP contribution >= 0.6 is 0 Å². The van der Waals surface area contributed by atoms with Gasteiger partial charge in [0.2, 0.25) is 5.91 Å². The lowest BCUT2D eigenvalue weighted by atomic mass is 10.2. The van der Waals surface area contributed by atoms with Crippen molar-refractivity contribution in [3.63, 3.8) is 0 Å². The summed E-state index contributed by atoms with van der Waals surface area (Å²) >= 11 is 0. The topological polar surface area (TPSA) is 64.3 Å². The second-order valence-electron chi connectivity index (χ2n) is 4.86. The Bertz CT molecular complexity index is 577. The molecular formula is C17H20N2O2. The van der Waals surface area contributed by atoms with Crippen molar-refractivity contribution in [2.45, 2.75) is 19.9 Å². The minimum absolute atomic E-state index is 0.0670. The molecule has 0 saturated heterocycles. The summed E-state index contributed by atoms with van der Waals surface area (Å²) in [4.78, 5) is 11.8. The van der Waals surface area contributed by atoms with Gasteiger partial charge in [0.15, 0.2) is 0 Å². The maximum Gasteiger partial charge on any atom is 0.227 e. The van der Waals surface area contributed by atoms with Gasteiger partial charge < -0.3 is 15.8 Å². The third-order valence-electron chi connectivity index (χ3n) is 3.09. The Labute approximate surface area is 124 Å². The van der Waals surface area contributed by atoms with E-state index < -0.39 is 0 Å². The molecule has 2 aromatic carbocycles. The van der Waals surface area contributed by atoms with Crippen LogP contribution in [0, 0.1) is 6.92 Å². The number of hydrogen-bond donors (Lipinski definition) is 2. The Morgan fingerprint density at radius 1 is 1.10 bits per heavy atom. The number of benzene rings is 2. The summed E-state index contributed by atoms with van der Waals surface area (Å²) in [5, 5.41) is 2.83. The highest BCUT2D eigenvalue weighted by Gasteiger charge is 2.03.